The molecule has 0 bridgehead atoms. The van der Waals surface area contributed by atoms with E-state index in [1.807, 2.05) is 30.3 Å². The summed E-state index contributed by atoms with van der Waals surface area (Å²) >= 11 is 0. The predicted molar refractivity (Wildman–Crippen MR) is 111 cm³/mol. The number of aromatic nitrogens is 1. The zero-order valence-electron chi connectivity index (χ0n) is 16.9. The molecule has 2 aromatic rings. The fraction of sp³-hybridized carbons (Fsp3) is 0.476. The first-order valence-corrected chi connectivity index (χ1v) is 10.4. The fourth-order valence-corrected chi connectivity index (χ4v) is 3.84. The molecule has 2 aliphatic heterocycles. The van der Waals surface area contributed by atoms with Crippen LogP contribution in [0.1, 0.15) is 10.5 Å². The van der Waals surface area contributed by atoms with Crippen molar-refractivity contribution in [3.8, 4) is 0 Å². The van der Waals surface area contributed by atoms with Crippen LogP contribution in [0.25, 0.3) is 10.9 Å². The molecule has 1 aromatic carbocycles. The molecule has 2 fully saturated rings. The normalized spacial score (nSPS) is 17.9. The molecule has 0 atom stereocenters. The van der Waals surface area contributed by atoms with Gasteiger partial charge in [0.05, 0.1) is 13.2 Å². The van der Waals surface area contributed by atoms with E-state index < -0.39 is 11.8 Å². The molecular weight excluding hydrogens is 386 g/mol. The van der Waals surface area contributed by atoms with E-state index >= 15 is 0 Å². The second kappa shape index (κ2) is 9.27. The molecule has 0 spiro atoms. The van der Waals surface area contributed by atoms with Gasteiger partial charge in [-0.3, -0.25) is 19.3 Å². The van der Waals surface area contributed by atoms with Crippen LogP contribution < -0.4 is 5.32 Å². The van der Waals surface area contributed by atoms with Gasteiger partial charge >= 0.3 is 11.8 Å². The molecular formula is C21H27N5O4. The van der Waals surface area contributed by atoms with Crippen LogP contribution in [-0.4, -0.2) is 103 Å². The number of amides is 3. The van der Waals surface area contributed by atoms with Crippen molar-refractivity contribution in [1.82, 2.24) is 25.0 Å². The lowest BCUT2D eigenvalue weighted by molar-refractivity contribution is -0.146. The Bertz CT molecular complexity index is 880. The van der Waals surface area contributed by atoms with E-state index in [2.05, 4.69) is 15.2 Å². The van der Waals surface area contributed by atoms with Crippen molar-refractivity contribution >= 4 is 28.6 Å². The van der Waals surface area contributed by atoms with Gasteiger partial charge in [-0.25, -0.2) is 0 Å². The average Bonchev–Trinajstić information content (AvgIpc) is 3.23. The maximum absolute atomic E-state index is 12.8. The summed E-state index contributed by atoms with van der Waals surface area (Å²) in [5.74, 6) is -1.21. The van der Waals surface area contributed by atoms with Crippen LogP contribution in [0.15, 0.2) is 30.3 Å². The van der Waals surface area contributed by atoms with Crippen molar-refractivity contribution in [3.05, 3.63) is 36.0 Å². The third-order valence-electron chi connectivity index (χ3n) is 5.63. The van der Waals surface area contributed by atoms with Crippen LogP contribution >= 0.6 is 0 Å². The molecule has 160 valence electrons. The molecule has 2 N–H and O–H groups in total. The third kappa shape index (κ3) is 4.63. The van der Waals surface area contributed by atoms with E-state index in [4.69, 9.17) is 4.74 Å². The monoisotopic (exact) mass is 413 g/mol. The van der Waals surface area contributed by atoms with Gasteiger partial charge in [0.2, 0.25) is 0 Å². The second-order valence-electron chi connectivity index (χ2n) is 7.56. The number of fused-ring (bicyclic) bond motifs is 1. The second-order valence-corrected chi connectivity index (χ2v) is 7.56. The Morgan fingerprint density at radius 2 is 1.67 bits per heavy atom. The first-order valence-electron chi connectivity index (χ1n) is 10.4. The lowest BCUT2D eigenvalue weighted by Crippen LogP contribution is -2.54. The first-order chi connectivity index (χ1) is 14.6. The molecule has 9 nitrogen and oxygen atoms in total. The number of carbonyl (C=O) groups excluding carboxylic acids is 3. The number of nitrogens with one attached hydrogen (secondary N) is 2. The van der Waals surface area contributed by atoms with Crippen LogP contribution in [0, 0.1) is 0 Å². The molecule has 30 heavy (non-hydrogen) atoms. The van der Waals surface area contributed by atoms with Gasteiger partial charge < -0.3 is 24.8 Å². The summed E-state index contributed by atoms with van der Waals surface area (Å²) < 4.78 is 5.29. The van der Waals surface area contributed by atoms with Crippen molar-refractivity contribution in [2.24, 2.45) is 0 Å². The minimum atomic E-state index is -0.585. The quantitative estimate of drug-likeness (QED) is 0.683. The topological polar surface area (TPSA) is 98.0 Å². The summed E-state index contributed by atoms with van der Waals surface area (Å²) in [5, 5.41) is 3.69. The summed E-state index contributed by atoms with van der Waals surface area (Å²) in [7, 11) is 0. The summed E-state index contributed by atoms with van der Waals surface area (Å²) in [6.45, 7) is 5.74. The number of nitrogens with zero attached hydrogens (tertiary/aromatic N) is 3. The van der Waals surface area contributed by atoms with Crippen LogP contribution in [0.5, 0.6) is 0 Å². The van der Waals surface area contributed by atoms with Gasteiger partial charge in [-0.05, 0) is 12.1 Å². The number of piperazine rings is 1. The highest BCUT2D eigenvalue weighted by Crippen LogP contribution is 2.17. The Labute approximate surface area is 174 Å². The Morgan fingerprint density at radius 3 is 2.40 bits per heavy atom. The van der Waals surface area contributed by atoms with Gasteiger partial charge in [-0.2, -0.15) is 0 Å². The fourth-order valence-electron chi connectivity index (χ4n) is 3.84. The number of morpholine rings is 1. The minimum absolute atomic E-state index is 0.0896. The smallest absolute Gasteiger partial charge is 0.312 e. The average molecular weight is 413 g/mol. The summed E-state index contributed by atoms with van der Waals surface area (Å²) in [6.07, 6.45) is 0. The lowest BCUT2D eigenvalue weighted by Gasteiger charge is -2.34. The standard InChI is InChI=1S/C21H27N5O4/c27-19(22-5-6-24-11-13-30-14-12-24)21(29)26-9-7-25(8-10-26)20(28)18-15-16-3-1-2-4-17(16)23-18/h1-4,15,23H,5-14H2,(H,22,27). The van der Waals surface area contributed by atoms with Gasteiger partial charge in [0.15, 0.2) is 0 Å². The molecule has 2 saturated heterocycles. The molecule has 0 aliphatic carbocycles. The highest BCUT2D eigenvalue weighted by Gasteiger charge is 2.28. The molecule has 0 radical (unpaired) electrons. The number of ether oxygens (including phenoxy) is 1. The third-order valence-corrected chi connectivity index (χ3v) is 5.63. The minimum Gasteiger partial charge on any atom is -0.379 e. The highest BCUT2D eigenvalue weighted by atomic mass is 16.5. The van der Waals surface area contributed by atoms with Crippen LogP contribution in [-0.2, 0) is 14.3 Å². The first kappa shape index (κ1) is 20.4. The van der Waals surface area contributed by atoms with Crippen molar-refractivity contribution < 1.29 is 19.1 Å². The van der Waals surface area contributed by atoms with E-state index in [9.17, 15) is 14.4 Å². The van der Waals surface area contributed by atoms with Gasteiger partial charge in [0, 0.05) is 63.3 Å². The van der Waals surface area contributed by atoms with Gasteiger partial charge in [-0.15, -0.1) is 0 Å². The number of H-pyrrole nitrogens is 1. The molecule has 3 heterocycles. The van der Waals surface area contributed by atoms with Gasteiger partial charge in [-0.1, -0.05) is 18.2 Å². The SMILES string of the molecule is O=C(NCCN1CCOCC1)C(=O)N1CCN(C(=O)c2cc3ccccc3[nH]2)CC1. The number of para-hydroxylation sites is 1. The number of benzene rings is 1. The Balaban J connectivity index is 1.23. The number of hydrogen-bond donors (Lipinski definition) is 2. The number of hydrogen-bond acceptors (Lipinski definition) is 5. The summed E-state index contributed by atoms with van der Waals surface area (Å²) in [6, 6.07) is 9.58. The van der Waals surface area contributed by atoms with Crippen LogP contribution in [0.3, 0.4) is 0 Å². The van der Waals surface area contributed by atoms with E-state index in [0.29, 0.717) is 58.2 Å². The zero-order chi connectivity index (χ0) is 20.9. The number of aromatic amines is 1. The Hall–Kier alpha value is -2.91. The molecule has 3 amide bonds. The molecule has 9 heteroatoms. The van der Waals surface area contributed by atoms with E-state index in [1.54, 1.807) is 4.90 Å². The van der Waals surface area contributed by atoms with E-state index in [0.717, 1.165) is 24.0 Å². The molecule has 4 rings (SSSR count). The lowest BCUT2D eigenvalue weighted by atomic mass is 10.2. The van der Waals surface area contributed by atoms with Crippen LogP contribution in [0.2, 0.25) is 0 Å². The van der Waals surface area contributed by atoms with Crippen LogP contribution in [0.4, 0.5) is 0 Å². The van der Waals surface area contributed by atoms with Crippen molar-refractivity contribution in [2.45, 2.75) is 0 Å². The predicted octanol–water partition coefficient (Wildman–Crippen LogP) is -0.0993. The van der Waals surface area contributed by atoms with Crippen molar-refractivity contribution in [3.63, 3.8) is 0 Å². The maximum atomic E-state index is 12.8. The Kier molecular flexibility index (Phi) is 6.29. The highest BCUT2D eigenvalue weighted by molar-refractivity contribution is 6.35. The zero-order valence-corrected chi connectivity index (χ0v) is 16.9. The van der Waals surface area contributed by atoms with E-state index in [1.165, 1.54) is 4.90 Å². The summed E-state index contributed by atoms with van der Waals surface area (Å²) in [4.78, 5) is 45.9. The largest absolute Gasteiger partial charge is 0.379 e. The van der Waals surface area contributed by atoms with Gasteiger partial charge in [0.1, 0.15) is 5.69 Å². The number of carbonyl (C=O) groups is 3. The van der Waals surface area contributed by atoms with Gasteiger partial charge in [0.25, 0.3) is 5.91 Å². The number of rotatable bonds is 4. The van der Waals surface area contributed by atoms with Crippen molar-refractivity contribution in [2.75, 3.05) is 65.6 Å². The van der Waals surface area contributed by atoms with E-state index in [-0.39, 0.29) is 5.91 Å². The Morgan fingerprint density at radius 1 is 0.967 bits per heavy atom. The molecule has 2 aliphatic rings. The summed E-state index contributed by atoms with van der Waals surface area (Å²) in [5.41, 5.74) is 1.46. The maximum Gasteiger partial charge on any atom is 0.312 e. The van der Waals surface area contributed by atoms with Crippen molar-refractivity contribution in [1.29, 1.82) is 0 Å². The molecule has 1 aromatic heterocycles. The molecule has 0 unspecified atom stereocenters. The molecule has 0 saturated carbocycles.